The van der Waals surface area contributed by atoms with Crippen molar-refractivity contribution in [1.82, 2.24) is 4.31 Å². The Morgan fingerprint density at radius 3 is 2.70 bits per heavy atom. The average Bonchev–Trinajstić information content (AvgIpc) is 2.38. The van der Waals surface area contributed by atoms with Crippen molar-refractivity contribution in [2.45, 2.75) is 11.8 Å². The number of sulfonamides is 1. The standard InChI is InChI=1S/C12H17ClN2O3S2/c1-3-18-7-6-15(2)20(16,17)11-8-9(12(14)19)4-5-10(11)13/h4-5,8H,3,6-7H2,1-2H3,(H2,14,19). The number of nitrogens with two attached hydrogens (primary N) is 1. The van der Waals surface area contributed by atoms with Crippen molar-refractivity contribution in [3.8, 4) is 0 Å². The molecule has 0 atom stereocenters. The Bertz CT molecular complexity index is 590. The molecule has 0 saturated heterocycles. The second kappa shape index (κ2) is 7.33. The Morgan fingerprint density at radius 1 is 1.50 bits per heavy atom. The number of halogens is 1. The van der Waals surface area contributed by atoms with E-state index in [0.717, 1.165) is 0 Å². The zero-order valence-electron chi connectivity index (χ0n) is 11.3. The van der Waals surface area contributed by atoms with Crippen LogP contribution >= 0.6 is 23.8 Å². The molecule has 2 N–H and O–H groups in total. The van der Waals surface area contributed by atoms with Gasteiger partial charge in [0, 0.05) is 25.8 Å². The SMILES string of the molecule is CCOCCN(C)S(=O)(=O)c1cc(C(N)=S)ccc1Cl. The summed E-state index contributed by atoms with van der Waals surface area (Å²) in [6.07, 6.45) is 0. The van der Waals surface area contributed by atoms with Crippen LogP contribution in [0.15, 0.2) is 23.1 Å². The van der Waals surface area contributed by atoms with Crippen molar-refractivity contribution in [3.05, 3.63) is 28.8 Å². The fraction of sp³-hybridized carbons (Fsp3) is 0.417. The molecule has 0 radical (unpaired) electrons. The van der Waals surface area contributed by atoms with E-state index >= 15 is 0 Å². The van der Waals surface area contributed by atoms with Gasteiger partial charge in [0.1, 0.15) is 9.88 Å². The average molecular weight is 337 g/mol. The number of likely N-dealkylation sites (N-methyl/N-ethyl adjacent to an activating group) is 1. The monoisotopic (exact) mass is 336 g/mol. The molecule has 0 bridgehead atoms. The van der Waals surface area contributed by atoms with Gasteiger partial charge in [-0.3, -0.25) is 0 Å². The third-order valence-electron chi connectivity index (χ3n) is 2.66. The summed E-state index contributed by atoms with van der Waals surface area (Å²) >= 11 is 10.8. The maximum Gasteiger partial charge on any atom is 0.244 e. The van der Waals surface area contributed by atoms with Crippen LogP contribution in [-0.4, -0.2) is 44.5 Å². The van der Waals surface area contributed by atoms with Gasteiger partial charge in [-0.1, -0.05) is 29.9 Å². The van der Waals surface area contributed by atoms with Gasteiger partial charge >= 0.3 is 0 Å². The third kappa shape index (κ3) is 4.13. The van der Waals surface area contributed by atoms with E-state index in [1.54, 1.807) is 6.07 Å². The predicted molar refractivity (Wildman–Crippen MR) is 83.6 cm³/mol. The van der Waals surface area contributed by atoms with Crippen molar-refractivity contribution >= 4 is 38.8 Å². The molecule has 0 fully saturated rings. The van der Waals surface area contributed by atoms with Crippen LogP contribution in [0.25, 0.3) is 0 Å². The maximum absolute atomic E-state index is 12.4. The summed E-state index contributed by atoms with van der Waals surface area (Å²) in [4.78, 5) is 0.110. The van der Waals surface area contributed by atoms with Gasteiger partial charge in [-0.25, -0.2) is 8.42 Å². The van der Waals surface area contributed by atoms with E-state index in [9.17, 15) is 8.42 Å². The van der Waals surface area contributed by atoms with Crippen LogP contribution in [0, 0.1) is 0 Å². The third-order valence-corrected chi connectivity index (χ3v) is 5.23. The van der Waals surface area contributed by atoms with Gasteiger partial charge in [0.15, 0.2) is 0 Å². The highest BCUT2D eigenvalue weighted by atomic mass is 35.5. The van der Waals surface area contributed by atoms with Crippen LogP contribution in [0.5, 0.6) is 0 Å². The zero-order chi connectivity index (χ0) is 15.3. The van der Waals surface area contributed by atoms with Gasteiger partial charge < -0.3 is 10.5 Å². The molecule has 0 unspecified atom stereocenters. The second-order valence-corrected chi connectivity index (χ2v) is 6.89. The molecule has 20 heavy (non-hydrogen) atoms. The predicted octanol–water partition coefficient (Wildman–Crippen LogP) is 1.63. The molecular weight excluding hydrogens is 320 g/mol. The van der Waals surface area contributed by atoms with E-state index in [2.05, 4.69) is 0 Å². The minimum atomic E-state index is -3.70. The molecule has 1 aromatic rings. The first-order valence-electron chi connectivity index (χ1n) is 5.94. The first-order valence-corrected chi connectivity index (χ1v) is 8.16. The van der Waals surface area contributed by atoms with E-state index in [1.165, 1.54) is 23.5 Å². The Hall–Kier alpha value is -0.730. The lowest BCUT2D eigenvalue weighted by atomic mass is 10.2. The molecule has 5 nitrogen and oxygen atoms in total. The van der Waals surface area contributed by atoms with Crippen molar-refractivity contribution in [3.63, 3.8) is 0 Å². The largest absolute Gasteiger partial charge is 0.389 e. The van der Waals surface area contributed by atoms with Gasteiger partial charge in [-0.2, -0.15) is 4.31 Å². The second-order valence-electron chi connectivity index (χ2n) is 4.03. The normalized spacial score (nSPS) is 11.8. The van der Waals surface area contributed by atoms with Crippen LogP contribution in [0.2, 0.25) is 5.02 Å². The van der Waals surface area contributed by atoms with Crippen LogP contribution in [0.4, 0.5) is 0 Å². The molecule has 112 valence electrons. The summed E-state index contributed by atoms with van der Waals surface area (Å²) in [5.74, 6) is 0. The smallest absolute Gasteiger partial charge is 0.244 e. The van der Waals surface area contributed by atoms with E-state index < -0.39 is 10.0 Å². The van der Waals surface area contributed by atoms with Gasteiger partial charge in [0.2, 0.25) is 10.0 Å². The quantitative estimate of drug-likeness (QED) is 0.605. The van der Waals surface area contributed by atoms with Gasteiger partial charge in [-0.15, -0.1) is 0 Å². The number of ether oxygens (including phenoxy) is 1. The Kier molecular flexibility index (Phi) is 6.35. The number of nitrogens with zero attached hydrogens (tertiary/aromatic N) is 1. The lowest BCUT2D eigenvalue weighted by Crippen LogP contribution is -2.30. The first-order chi connectivity index (χ1) is 9.30. The highest BCUT2D eigenvalue weighted by Gasteiger charge is 2.24. The number of benzene rings is 1. The number of rotatable bonds is 7. The lowest BCUT2D eigenvalue weighted by molar-refractivity contribution is 0.138. The molecule has 0 aliphatic rings. The summed E-state index contributed by atoms with van der Waals surface area (Å²) in [5.41, 5.74) is 5.97. The first kappa shape index (κ1) is 17.3. The fourth-order valence-corrected chi connectivity index (χ4v) is 3.26. The summed E-state index contributed by atoms with van der Waals surface area (Å²) in [6, 6.07) is 4.44. The molecule has 0 aliphatic carbocycles. The Balaban J connectivity index is 3.08. The van der Waals surface area contributed by atoms with Crippen molar-refractivity contribution in [2.75, 3.05) is 26.8 Å². The molecule has 0 aliphatic heterocycles. The molecule has 0 amide bonds. The van der Waals surface area contributed by atoms with Crippen LogP contribution in [0.3, 0.4) is 0 Å². The molecule has 8 heteroatoms. The van der Waals surface area contributed by atoms with Gasteiger partial charge in [0.05, 0.1) is 11.6 Å². The van der Waals surface area contributed by atoms with Crippen LogP contribution in [0.1, 0.15) is 12.5 Å². The van der Waals surface area contributed by atoms with E-state index in [4.69, 9.17) is 34.3 Å². The van der Waals surface area contributed by atoms with Crippen LogP contribution in [-0.2, 0) is 14.8 Å². The molecule has 1 aromatic carbocycles. The molecule has 0 spiro atoms. The molecule has 0 heterocycles. The minimum absolute atomic E-state index is 0.0107. The summed E-state index contributed by atoms with van der Waals surface area (Å²) in [7, 11) is -2.23. The lowest BCUT2D eigenvalue weighted by Gasteiger charge is -2.18. The summed E-state index contributed by atoms with van der Waals surface area (Å²) in [6.45, 7) is 2.94. The van der Waals surface area contributed by atoms with Gasteiger partial charge in [-0.05, 0) is 19.1 Å². The van der Waals surface area contributed by atoms with E-state index in [0.29, 0.717) is 18.8 Å². The van der Waals surface area contributed by atoms with Crippen molar-refractivity contribution in [2.24, 2.45) is 5.73 Å². The van der Waals surface area contributed by atoms with E-state index in [1.807, 2.05) is 6.92 Å². The van der Waals surface area contributed by atoms with Crippen molar-refractivity contribution < 1.29 is 13.2 Å². The zero-order valence-corrected chi connectivity index (χ0v) is 13.7. The molecule has 0 aromatic heterocycles. The molecule has 1 rings (SSSR count). The topological polar surface area (TPSA) is 72.6 Å². The molecule has 0 saturated carbocycles. The van der Waals surface area contributed by atoms with Gasteiger partial charge in [0.25, 0.3) is 0 Å². The maximum atomic E-state index is 12.4. The number of thiocarbonyl (C=S) groups is 1. The summed E-state index contributed by atoms with van der Waals surface area (Å²) in [5, 5.41) is 0.133. The summed E-state index contributed by atoms with van der Waals surface area (Å²) < 4.78 is 31.2. The van der Waals surface area contributed by atoms with Crippen molar-refractivity contribution in [1.29, 1.82) is 0 Å². The Morgan fingerprint density at radius 2 is 2.15 bits per heavy atom. The number of hydrogen-bond donors (Lipinski definition) is 1. The minimum Gasteiger partial charge on any atom is -0.389 e. The highest BCUT2D eigenvalue weighted by Crippen LogP contribution is 2.25. The van der Waals surface area contributed by atoms with E-state index in [-0.39, 0.29) is 21.5 Å². The fourth-order valence-electron chi connectivity index (χ4n) is 1.48. The highest BCUT2D eigenvalue weighted by molar-refractivity contribution is 7.89. The van der Waals surface area contributed by atoms with Crippen LogP contribution < -0.4 is 5.73 Å². The molecular formula is C12H17ClN2O3S2. The number of hydrogen-bond acceptors (Lipinski definition) is 4. The Labute approximate surface area is 129 Å².